The minimum Gasteiger partial charge on any atom is -0.376 e. The third-order valence-electron chi connectivity index (χ3n) is 3.54. The zero-order chi connectivity index (χ0) is 15.2. The van der Waals surface area contributed by atoms with Crippen molar-refractivity contribution in [3.05, 3.63) is 28.2 Å². The van der Waals surface area contributed by atoms with Gasteiger partial charge in [-0.2, -0.15) is 0 Å². The summed E-state index contributed by atoms with van der Waals surface area (Å²) in [6.07, 6.45) is 3.42. The third kappa shape index (κ3) is 4.77. The topological polar surface area (TPSA) is 41.6 Å². The van der Waals surface area contributed by atoms with Crippen LogP contribution in [0.25, 0.3) is 0 Å². The maximum Gasteiger partial charge on any atom is 0.321 e. The number of hydrogen-bond donors (Lipinski definition) is 1. The minimum atomic E-state index is -0.148. The van der Waals surface area contributed by atoms with Gasteiger partial charge in [-0.1, -0.05) is 23.2 Å². The number of rotatable bonds is 4. The van der Waals surface area contributed by atoms with E-state index in [1.807, 2.05) is 6.92 Å². The standard InChI is InChI=1S/C15H20Cl2N2O2/c1-2-19(10-12-5-3-4-8-21-12)15(20)18-11-6-7-13(16)14(17)9-11/h6-7,9,12H,2-5,8,10H2,1H3,(H,18,20). The van der Waals surface area contributed by atoms with E-state index >= 15 is 0 Å². The quantitative estimate of drug-likeness (QED) is 0.887. The highest BCUT2D eigenvalue weighted by Gasteiger charge is 2.20. The third-order valence-corrected chi connectivity index (χ3v) is 4.28. The van der Waals surface area contributed by atoms with Crippen LogP contribution < -0.4 is 5.32 Å². The Kier molecular flexibility index (Phi) is 6.15. The summed E-state index contributed by atoms with van der Waals surface area (Å²) < 4.78 is 5.69. The summed E-state index contributed by atoms with van der Waals surface area (Å²) in [5.74, 6) is 0. The summed E-state index contributed by atoms with van der Waals surface area (Å²) >= 11 is 11.8. The second-order valence-corrected chi connectivity index (χ2v) is 5.90. The molecule has 4 nitrogen and oxygen atoms in total. The Morgan fingerprint density at radius 2 is 2.19 bits per heavy atom. The molecule has 1 aliphatic rings. The van der Waals surface area contributed by atoms with Crippen LogP contribution in [0.15, 0.2) is 18.2 Å². The van der Waals surface area contributed by atoms with Gasteiger partial charge in [0.2, 0.25) is 0 Å². The lowest BCUT2D eigenvalue weighted by molar-refractivity contribution is 0.00221. The fourth-order valence-electron chi connectivity index (χ4n) is 2.33. The van der Waals surface area contributed by atoms with Crippen molar-refractivity contribution in [2.45, 2.75) is 32.3 Å². The molecule has 1 fully saturated rings. The summed E-state index contributed by atoms with van der Waals surface area (Å²) in [5, 5.41) is 3.73. The number of urea groups is 1. The zero-order valence-electron chi connectivity index (χ0n) is 12.1. The Bertz CT molecular complexity index is 491. The first-order chi connectivity index (χ1) is 10.1. The molecule has 0 aliphatic carbocycles. The fraction of sp³-hybridized carbons (Fsp3) is 0.533. The Balaban J connectivity index is 1.94. The molecule has 0 bridgehead atoms. The van der Waals surface area contributed by atoms with Gasteiger partial charge < -0.3 is 15.0 Å². The monoisotopic (exact) mass is 330 g/mol. The van der Waals surface area contributed by atoms with E-state index in [9.17, 15) is 4.79 Å². The maximum atomic E-state index is 12.3. The van der Waals surface area contributed by atoms with Gasteiger partial charge in [0, 0.05) is 25.4 Å². The highest BCUT2D eigenvalue weighted by Crippen LogP contribution is 2.25. The van der Waals surface area contributed by atoms with Crippen LogP contribution in [-0.2, 0) is 4.74 Å². The molecule has 1 N–H and O–H groups in total. The van der Waals surface area contributed by atoms with Crippen molar-refractivity contribution in [1.29, 1.82) is 0 Å². The predicted octanol–water partition coefficient (Wildman–Crippen LogP) is 4.42. The van der Waals surface area contributed by atoms with Crippen molar-refractivity contribution in [3.8, 4) is 0 Å². The van der Waals surface area contributed by atoms with Crippen molar-refractivity contribution < 1.29 is 9.53 Å². The van der Waals surface area contributed by atoms with Gasteiger partial charge in [-0.05, 0) is 44.4 Å². The summed E-state index contributed by atoms with van der Waals surface area (Å²) in [6.45, 7) is 3.99. The molecule has 116 valence electrons. The number of ether oxygens (including phenoxy) is 1. The molecule has 1 aliphatic heterocycles. The molecule has 0 saturated carbocycles. The second-order valence-electron chi connectivity index (χ2n) is 5.09. The van der Waals surface area contributed by atoms with E-state index in [1.54, 1.807) is 23.1 Å². The van der Waals surface area contributed by atoms with Gasteiger partial charge in [-0.3, -0.25) is 0 Å². The van der Waals surface area contributed by atoms with Gasteiger partial charge in [-0.15, -0.1) is 0 Å². The number of halogens is 2. The molecule has 1 saturated heterocycles. The second kappa shape index (κ2) is 7.87. The van der Waals surface area contributed by atoms with Crippen LogP contribution >= 0.6 is 23.2 Å². The Labute approximate surface area is 135 Å². The van der Waals surface area contributed by atoms with E-state index in [1.165, 1.54) is 0 Å². The average Bonchev–Trinajstić information content (AvgIpc) is 2.49. The van der Waals surface area contributed by atoms with Crippen LogP contribution in [0.2, 0.25) is 10.0 Å². The van der Waals surface area contributed by atoms with Crippen molar-refractivity contribution in [1.82, 2.24) is 4.90 Å². The molecule has 6 heteroatoms. The number of likely N-dealkylation sites (N-methyl/N-ethyl adjacent to an activating group) is 1. The molecule has 1 aromatic rings. The van der Waals surface area contributed by atoms with E-state index in [-0.39, 0.29) is 12.1 Å². The molecule has 0 spiro atoms. The van der Waals surface area contributed by atoms with Crippen LogP contribution in [0.1, 0.15) is 26.2 Å². The number of amides is 2. The average molecular weight is 331 g/mol. The smallest absolute Gasteiger partial charge is 0.321 e. The maximum absolute atomic E-state index is 12.3. The molecular formula is C15H20Cl2N2O2. The molecule has 1 heterocycles. The van der Waals surface area contributed by atoms with Gasteiger partial charge in [0.1, 0.15) is 0 Å². The van der Waals surface area contributed by atoms with E-state index in [2.05, 4.69) is 5.32 Å². The molecule has 2 rings (SSSR count). The van der Waals surface area contributed by atoms with Crippen molar-refractivity contribution in [2.24, 2.45) is 0 Å². The van der Waals surface area contributed by atoms with E-state index in [4.69, 9.17) is 27.9 Å². The largest absolute Gasteiger partial charge is 0.376 e. The van der Waals surface area contributed by atoms with Crippen LogP contribution in [0.3, 0.4) is 0 Å². The number of anilines is 1. The van der Waals surface area contributed by atoms with Crippen LogP contribution in [0.4, 0.5) is 10.5 Å². The Morgan fingerprint density at radius 3 is 2.81 bits per heavy atom. The Hall–Kier alpha value is -0.970. The Morgan fingerprint density at radius 1 is 1.38 bits per heavy atom. The number of nitrogens with one attached hydrogen (secondary N) is 1. The highest BCUT2D eigenvalue weighted by molar-refractivity contribution is 6.42. The number of nitrogens with zero attached hydrogens (tertiary/aromatic N) is 1. The number of carbonyl (C=O) groups is 1. The normalized spacial score (nSPS) is 18.3. The summed E-state index contributed by atoms with van der Waals surface area (Å²) in [4.78, 5) is 14.0. The van der Waals surface area contributed by atoms with E-state index in [0.717, 1.165) is 25.9 Å². The lowest BCUT2D eigenvalue weighted by atomic mass is 10.1. The lowest BCUT2D eigenvalue weighted by Crippen LogP contribution is -2.41. The molecule has 2 amide bonds. The summed E-state index contributed by atoms with van der Waals surface area (Å²) in [5.41, 5.74) is 0.636. The van der Waals surface area contributed by atoms with Crippen molar-refractivity contribution in [3.63, 3.8) is 0 Å². The summed E-state index contributed by atoms with van der Waals surface area (Å²) in [7, 11) is 0. The number of hydrogen-bond acceptors (Lipinski definition) is 2. The first-order valence-electron chi connectivity index (χ1n) is 7.22. The lowest BCUT2D eigenvalue weighted by Gasteiger charge is -2.29. The first-order valence-corrected chi connectivity index (χ1v) is 7.98. The van der Waals surface area contributed by atoms with Crippen molar-refractivity contribution in [2.75, 3.05) is 25.0 Å². The molecule has 0 radical (unpaired) electrons. The molecule has 0 aromatic heterocycles. The van der Waals surface area contributed by atoms with E-state index in [0.29, 0.717) is 28.8 Å². The fourth-order valence-corrected chi connectivity index (χ4v) is 2.63. The SMILES string of the molecule is CCN(CC1CCCCO1)C(=O)Nc1ccc(Cl)c(Cl)c1. The van der Waals surface area contributed by atoms with Crippen LogP contribution in [0, 0.1) is 0 Å². The molecule has 1 unspecified atom stereocenters. The predicted molar refractivity (Wildman–Crippen MR) is 86.3 cm³/mol. The van der Waals surface area contributed by atoms with Gasteiger partial charge in [0.15, 0.2) is 0 Å². The van der Waals surface area contributed by atoms with Gasteiger partial charge in [0.25, 0.3) is 0 Å². The van der Waals surface area contributed by atoms with Gasteiger partial charge in [-0.25, -0.2) is 4.79 Å². The molecular weight excluding hydrogens is 311 g/mol. The zero-order valence-corrected chi connectivity index (χ0v) is 13.6. The van der Waals surface area contributed by atoms with Gasteiger partial charge in [0.05, 0.1) is 16.1 Å². The minimum absolute atomic E-state index is 0.137. The number of benzene rings is 1. The summed E-state index contributed by atoms with van der Waals surface area (Å²) in [6, 6.07) is 4.90. The van der Waals surface area contributed by atoms with Gasteiger partial charge >= 0.3 is 6.03 Å². The highest BCUT2D eigenvalue weighted by atomic mass is 35.5. The molecule has 1 atom stereocenters. The first kappa shape index (κ1) is 16.4. The van der Waals surface area contributed by atoms with Crippen LogP contribution in [0.5, 0.6) is 0 Å². The molecule has 1 aromatic carbocycles. The van der Waals surface area contributed by atoms with E-state index < -0.39 is 0 Å². The number of carbonyl (C=O) groups excluding carboxylic acids is 1. The molecule has 21 heavy (non-hydrogen) atoms. The van der Waals surface area contributed by atoms with Crippen molar-refractivity contribution >= 4 is 34.9 Å². The van der Waals surface area contributed by atoms with Crippen LogP contribution in [-0.4, -0.2) is 36.7 Å².